The minimum absolute atomic E-state index is 0.760. The molecule has 0 spiro atoms. The van der Waals surface area contributed by atoms with E-state index in [9.17, 15) is 0 Å². The lowest BCUT2D eigenvalue weighted by Crippen LogP contribution is -2.07. The molecule has 1 atom stereocenters. The summed E-state index contributed by atoms with van der Waals surface area (Å²) < 4.78 is 8.88. The first-order chi connectivity index (χ1) is 7.47. The van der Waals surface area contributed by atoms with Crippen LogP contribution in [0.3, 0.4) is 0 Å². The van der Waals surface area contributed by atoms with Crippen molar-refractivity contribution in [2.75, 3.05) is 13.1 Å². The average Bonchev–Trinajstić information content (AvgIpc) is 2.69. The van der Waals surface area contributed by atoms with E-state index in [4.69, 9.17) is 19.2 Å². The van der Waals surface area contributed by atoms with Crippen LogP contribution in [0.25, 0.3) is 0 Å². The molecular weight excluding hydrogens is 229 g/mol. The molecule has 1 aromatic carbocycles. The Balaban J connectivity index is 0.000000221. The summed E-state index contributed by atoms with van der Waals surface area (Å²) in [6.07, 6.45) is 1.30. The first-order valence-corrected chi connectivity index (χ1v) is 6.57. The number of benzene rings is 1. The van der Waals surface area contributed by atoms with Gasteiger partial charge in [0.2, 0.25) is 0 Å². The maximum atomic E-state index is 8.88. The lowest BCUT2D eigenvalue weighted by atomic mass is 9.99. The Morgan fingerprint density at radius 3 is 2.19 bits per heavy atom. The van der Waals surface area contributed by atoms with Crippen molar-refractivity contribution in [3.05, 3.63) is 35.9 Å². The molecule has 1 heterocycles. The number of rotatable bonds is 1. The van der Waals surface area contributed by atoms with Crippen LogP contribution in [0.4, 0.5) is 0 Å². The molecule has 4 N–H and O–H groups in total. The quantitative estimate of drug-likeness (QED) is 0.550. The second-order valence-corrected chi connectivity index (χ2v) is 4.64. The van der Waals surface area contributed by atoms with E-state index >= 15 is 0 Å². The highest BCUT2D eigenvalue weighted by molar-refractivity contribution is 7.45. The Labute approximate surface area is 94.4 Å². The minimum atomic E-state index is -4.64. The van der Waals surface area contributed by atoms with E-state index in [1.165, 1.54) is 18.5 Å². The van der Waals surface area contributed by atoms with Gasteiger partial charge in [0.05, 0.1) is 0 Å². The van der Waals surface area contributed by atoms with Gasteiger partial charge in [-0.1, -0.05) is 30.3 Å². The second kappa shape index (κ2) is 6.13. The van der Waals surface area contributed by atoms with E-state index in [0.717, 1.165) is 12.5 Å². The van der Waals surface area contributed by atoms with Gasteiger partial charge in [-0.15, -0.1) is 0 Å². The SMILES string of the molecule is O=P(O)(O)O.c1ccc(C2CCNC2)cc1. The molecule has 0 amide bonds. The summed E-state index contributed by atoms with van der Waals surface area (Å²) in [6.45, 7) is 2.34. The molecule has 5 nitrogen and oxygen atoms in total. The normalized spacial score (nSPS) is 20.1. The summed E-state index contributed by atoms with van der Waals surface area (Å²) in [5, 5.41) is 3.37. The summed E-state index contributed by atoms with van der Waals surface area (Å²) in [5.74, 6) is 0.760. The first-order valence-electron chi connectivity index (χ1n) is 5.01. The molecule has 1 aliphatic heterocycles. The van der Waals surface area contributed by atoms with Crippen molar-refractivity contribution in [3.63, 3.8) is 0 Å². The zero-order chi connectivity index (χ0) is 12.0. The van der Waals surface area contributed by atoms with Gasteiger partial charge >= 0.3 is 7.82 Å². The van der Waals surface area contributed by atoms with Gasteiger partial charge in [0.15, 0.2) is 0 Å². The summed E-state index contributed by atoms with van der Waals surface area (Å²) in [4.78, 5) is 21.6. The van der Waals surface area contributed by atoms with Gasteiger partial charge in [-0.2, -0.15) is 0 Å². The third-order valence-electron chi connectivity index (χ3n) is 2.33. The van der Waals surface area contributed by atoms with E-state index in [0.29, 0.717) is 0 Å². The van der Waals surface area contributed by atoms with Gasteiger partial charge in [-0.3, -0.25) is 0 Å². The van der Waals surface area contributed by atoms with Gasteiger partial charge in [-0.05, 0) is 24.4 Å². The predicted molar refractivity (Wildman–Crippen MR) is 60.9 cm³/mol. The molecule has 0 aromatic heterocycles. The summed E-state index contributed by atoms with van der Waals surface area (Å²) >= 11 is 0. The summed E-state index contributed by atoms with van der Waals surface area (Å²) in [5.41, 5.74) is 1.48. The largest absolute Gasteiger partial charge is 0.466 e. The molecule has 2 rings (SSSR count). The average molecular weight is 245 g/mol. The monoisotopic (exact) mass is 245 g/mol. The van der Waals surface area contributed by atoms with Crippen LogP contribution in [0.2, 0.25) is 0 Å². The van der Waals surface area contributed by atoms with Crippen molar-refractivity contribution in [1.29, 1.82) is 0 Å². The fourth-order valence-corrected chi connectivity index (χ4v) is 1.66. The highest BCUT2D eigenvalue weighted by atomic mass is 31.2. The Kier molecular flexibility index (Phi) is 5.12. The van der Waals surface area contributed by atoms with Crippen LogP contribution in [-0.2, 0) is 4.57 Å². The molecule has 16 heavy (non-hydrogen) atoms. The second-order valence-electron chi connectivity index (χ2n) is 3.61. The van der Waals surface area contributed by atoms with Crippen LogP contribution in [0.5, 0.6) is 0 Å². The van der Waals surface area contributed by atoms with Gasteiger partial charge in [0.1, 0.15) is 0 Å². The molecule has 0 aliphatic carbocycles. The fraction of sp³-hybridized carbons (Fsp3) is 0.400. The summed E-state index contributed by atoms with van der Waals surface area (Å²) in [7, 11) is -4.64. The zero-order valence-electron chi connectivity index (χ0n) is 8.78. The maximum absolute atomic E-state index is 8.88. The van der Waals surface area contributed by atoms with Crippen LogP contribution in [0.15, 0.2) is 30.3 Å². The standard InChI is InChI=1S/C10H13N.H3O4P/c1-2-4-9(5-3-1)10-6-7-11-8-10;1-5(2,3)4/h1-5,10-11H,6-8H2;(H3,1,2,3,4). The van der Waals surface area contributed by atoms with Crippen molar-refractivity contribution < 1.29 is 19.2 Å². The Morgan fingerprint density at radius 2 is 1.75 bits per heavy atom. The van der Waals surface area contributed by atoms with Crippen molar-refractivity contribution in [2.45, 2.75) is 12.3 Å². The predicted octanol–water partition coefficient (Wildman–Crippen LogP) is 0.835. The Hall–Kier alpha value is -0.710. The first kappa shape index (κ1) is 13.4. The molecule has 0 bridgehead atoms. The Bertz CT molecular complexity index is 337. The van der Waals surface area contributed by atoms with Crippen LogP contribution in [0.1, 0.15) is 17.9 Å². The zero-order valence-corrected chi connectivity index (χ0v) is 9.68. The van der Waals surface area contributed by atoms with Crippen molar-refractivity contribution in [2.24, 2.45) is 0 Å². The molecule has 1 aromatic rings. The van der Waals surface area contributed by atoms with Crippen molar-refractivity contribution in [1.82, 2.24) is 5.32 Å². The molecule has 6 heteroatoms. The number of nitrogens with one attached hydrogen (secondary N) is 1. The lowest BCUT2D eigenvalue weighted by Gasteiger charge is -2.06. The molecular formula is C10H16NO4P. The topological polar surface area (TPSA) is 89.8 Å². The van der Waals surface area contributed by atoms with Gasteiger partial charge in [0, 0.05) is 6.54 Å². The molecule has 1 saturated heterocycles. The van der Waals surface area contributed by atoms with E-state index in [1.807, 2.05) is 0 Å². The smallest absolute Gasteiger partial charge is 0.316 e. The van der Waals surface area contributed by atoms with Crippen LogP contribution in [0, 0.1) is 0 Å². The summed E-state index contributed by atoms with van der Waals surface area (Å²) in [6, 6.07) is 10.8. The molecule has 0 radical (unpaired) electrons. The van der Waals surface area contributed by atoms with Gasteiger partial charge in [-0.25, -0.2) is 4.57 Å². The van der Waals surface area contributed by atoms with E-state index < -0.39 is 7.82 Å². The van der Waals surface area contributed by atoms with Gasteiger partial charge < -0.3 is 20.0 Å². The van der Waals surface area contributed by atoms with E-state index in [-0.39, 0.29) is 0 Å². The number of hydrogen-bond acceptors (Lipinski definition) is 2. The highest BCUT2D eigenvalue weighted by Gasteiger charge is 2.15. The Morgan fingerprint density at radius 1 is 1.19 bits per heavy atom. The minimum Gasteiger partial charge on any atom is -0.316 e. The maximum Gasteiger partial charge on any atom is 0.466 e. The number of phosphoric acid groups is 1. The fourth-order valence-electron chi connectivity index (χ4n) is 1.66. The number of hydrogen-bond donors (Lipinski definition) is 4. The van der Waals surface area contributed by atoms with Crippen LogP contribution in [-0.4, -0.2) is 27.8 Å². The van der Waals surface area contributed by atoms with Crippen LogP contribution >= 0.6 is 7.82 Å². The van der Waals surface area contributed by atoms with Crippen molar-refractivity contribution in [3.8, 4) is 0 Å². The lowest BCUT2D eigenvalue weighted by molar-refractivity contribution is 0.275. The molecule has 1 unspecified atom stereocenters. The van der Waals surface area contributed by atoms with Crippen molar-refractivity contribution >= 4 is 7.82 Å². The third kappa shape index (κ3) is 6.00. The van der Waals surface area contributed by atoms with E-state index in [2.05, 4.69) is 35.6 Å². The molecule has 1 aliphatic rings. The van der Waals surface area contributed by atoms with Gasteiger partial charge in [0.25, 0.3) is 0 Å². The van der Waals surface area contributed by atoms with E-state index in [1.54, 1.807) is 0 Å². The molecule has 0 saturated carbocycles. The highest BCUT2D eigenvalue weighted by Crippen LogP contribution is 2.25. The van der Waals surface area contributed by atoms with Crippen LogP contribution < -0.4 is 5.32 Å². The molecule has 90 valence electrons. The molecule has 1 fully saturated rings. The third-order valence-corrected chi connectivity index (χ3v) is 2.33.